The van der Waals surface area contributed by atoms with Crippen molar-refractivity contribution in [3.8, 4) is 5.75 Å². The molecule has 1 fully saturated rings. The van der Waals surface area contributed by atoms with Gasteiger partial charge in [-0.25, -0.2) is 0 Å². The van der Waals surface area contributed by atoms with Gasteiger partial charge in [-0.05, 0) is 44.5 Å². The van der Waals surface area contributed by atoms with Crippen molar-refractivity contribution in [2.24, 2.45) is 5.92 Å². The lowest BCUT2D eigenvalue weighted by Crippen LogP contribution is -2.16. The number of nitrogens with one attached hydrogen (secondary N) is 1. The first-order valence-electron chi connectivity index (χ1n) is 6.80. The Balaban J connectivity index is 1.96. The second-order valence-corrected chi connectivity index (χ2v) is 6.04. The summed E-state index contributed by atoms with van der Waals surface area (Å²) in [5.74, 6) is 1.92. The maximum atomic E-state index is 5.96. The third-order valence-corrected chi connectivity index (χ3v) is 4.37. The zero-order valence-electron chi connectivity index (χ0n) is 11.2. The van der Waals surface area contributed by atoms with E-state index in [-0.39, 0.29) is 0 Å². The van der Waals surface area contributed by atoms with E-state index in [4.69, 9.17) is 4.74 Å². The minimum atomic E-state index is 0.307. The van der Waals surface area contributed by atoms with Crippen LogP contribution in [0.15, 0.2) is 22.7 Å². The molecule has 0 heterocycles. The predicted molar refractivity (Wildman–Crippen MR) is 79.1 cm³/mol. The smallest absolute Gasteiger partial charge is 0.124 e. The topological polar surface area (TPSA) is 21.3 Å². The Morgan fingerprint density at radius 3 is 2.83 bits per heavy atom. The molecule has 3 heteroatoms. The average molecular weight is 312 g/mol. The molecule has 1 aromatic carbocycles. The van der Waals surface area contributed by atoms with Gasteiger partial charge in [0, 0.05) is 16.1 Å². The van der Waals surface area contributed by atoms with E-state index in [1.54, 1.807) is 0 Å². The SMILES string of the molecule is CNC(C)c1cc(Br)ccc1OCCC1CCC1. The van der Waals surface area contributed by atoms with Crippen LogP contribution >= 0.6 is 15.9 Å². The Bertz CT molecular complexity index is 390. The highest BCUT2D eigenvalue weighted by molar-refractivity contribution is 9.10. The van der Waals surface area contributed by atoms with Crippen molar-refractivity contribution in [2.75, 3.05) is 13.7 Å². The standard InChI is InChI=1S/C15H22BrNO/c1-11(17-2)14-10-13(16)6-7-15(14)18-9-8-12-4-3-5-12/h6-7,10-12,17H,3-5,8-9H2,1-2H3. The highest BCUT2D eigenvalue weighted by Gasteiger charge is 2.17. The van der Waals surface area contributed by atoms with Crippen LogP contribution in [-0.4, -0.2) is 13.7 Å². The van der Waals surface area contributed by atoms with Crippen molar-refractivity contribution in [1.29, 1.82) is 0 Å². The minimum Gasteiger partial charge on any atom is -0.493 e. The van der Waals surface area contributed by atoms with Crippen LogP contribution in [0.5, 0.6) is 5.75 Å². The summed E-state index contributed by atoms with van der Waals surface area (Å²) >= 11 is 3.52. The molecule has 2 rings (SSSR count). The molecule has 0 bridgehead atoms. The molecule has 1 atom stereocenters. The van der Waals surface area contributed by atoms with Gasteiger partial charge in [-0.2, -0.15) is 0 Å². The van der Waals surface area contributed by atoms with E-state index in [2.05, 4.69) is 40.3 Å². The van der Waals surface area contributed by atoms with Crippen molar-refractivity contribution in [3.63, 3.8) is 0 Å². The maximum Gasteiger partial charge on any atom is 0.124 e. The molecule has 18 heavy (non-hydrogen) atoms. The third kappa shape index (κ3) is 3.48. The first-order valence-corrected chi connectivity index (χ1v) is 7.59. The summed E-state index contributed by atoms with van der Waals surface area (Å²) < 4.78 is 7.06. The fourth-order valence-electron chi connectivity index (χ4n) is 2.26. The number of hydrogen-bond acceptors (Lipinski definition) is 2. The number of hydrogen-bond donors (Lipinski definition) is 1. The van der Waals surface area contributed by atoms with Gasteiger partial charge in [0.2, 0.25) is 0 Å². The summed E-state index contributed by atoms with van der Waals surface area (Å²) in [7, 11) is 1.98. The fourth-order valence-corrected chi connectivity index (χ4v) is 2.64. The third-order valence-electron chi connectivity index (χ3n) is 3.88. The van der Waals surface area contributed by atoms with Gasteiger partial charge in [0.25, 0.3) is 0 Å². The second-order valence-electron chi connectivity index (χ2n) is 5.13. The fraction of sp³-hybridized carbons (Fsp3) is 0.600. The van der Waals surface area contributed by atoms with Gasteiger partial charge in [-0.3, -0.25) is 0 Å². The lowest BCUT2D eigenvalue weighted by molar-refractivity contribution is 0.220. The Kier molecular flexibility index (Phi) is 5.07. The Hall–Kier alpha value is -0.540. The summed E-state index contributed by atoms with van der Waals surface area (Å²) in [6, 6.07) is 6.56. The van der Waals surface area contributed by atoms with Gasteiger partial charge in [-0.15, -0.1) is 0 Å². The van der Waals surface area contributed by atoms with E-state index < -0.39 is 0 Å². The van der Waals surface area contributed by atoms with Crippen molar-refractivity contribution in [3.05, 3.63) is 28.2 Å². The molecule has 1 aliphatic carbocycles. The van der Waals surface area contributed by atoms with Crippen LogP contribution in [0.1, 0.15) is 44.2 Å². The van der Waals surface area contributed by atoms with Crippen molar-refractivity contribution in [1.82, 2.24) is 5.32 Å². The quantitative estimate of drug-likeness (QED) is 0.845. The van der Waals surface area contributed by atoms with Crippen molar-refractivity contribution in [2.45, 2.75) is 38.6 Å². The molecule has 1 aromatic rings. The number of ether oxygens (including phenoxy) is 1. The van der Waals surface area contributed by atoms with Gasteiger partial charge in [0.1, 0.15) is 5.75 Å². The number of halogens is 1. The summed E-state index contributed by atoms with van der Waals surface area (Å²) in [6.45, 7) is 3.00. The lowest BCUT2D eigenvalue weighted by atomic mass is 9.83. The van der Waals surface area contributed by atoms with Crippen LogP contribution in [0.4, 0.5) is 0 Å². The monoisotopic (exact) mass is 311 g/mol. The summed E-state index contributed by atoms with van der Waals surface area (Å²) in [5, 5.41) is 3.27. The molecule has 0 amide bonds. The first-order chi connectivity index (χ1) is 8.70. The van der Waals surface area contributed by atoms with E-state index in [0.717, 1.165) is 22.7 Å². The van der Waals surface area contributed by atoms with Crippen molar-refractivity contribution >= 4 is 15.9 Å². The summed E-state index contributed by atoms with van der Waals surface area (Å²) in [4.78, 5) is 0. The lowest BCUT2D eigenvalue weighted by Gasteiger charge is -2.25. The Morgan fingerprint density at radius 2 is 2.22 bits per heavy atom. The molecular formula is C15H22BrNO. The minimum absolute atomic E-state index is 0.307. The molecule has 1 N–H and O–H groups in total. The van der Waals surface area contributed by atoms with Gasteiger partial charge in [0.05, 0.1) is 6.61 Å². The number of benzene rings is 1. The van der Waals surface area contributed by atoms with Gasteiger partial charge >= 0.3 is 0 Å². The molecule has 1 unspecified atom stereocenters. The zero-order chi connectivity index (χ0) is 13.0. The van der Waals surface area contributed by atoms with Gasteiger partial charge in [-0.1, -0.05) is 35.2 Å². The van der Waals surface area contributed by atoms with Gasteiger partial charge < -0.3 is 10.1 Å². The van der Waals surface area contributed by atoms with Crippen LogP contribution in [0.2, 0.25) is 0 Å². The summed E-state index contributed by atoms with van der Waals surface area (Å²) in [6.07, 6.45) is 5.39. The molecule has 100 valence electrons. The molecule has 0 aliphatic heterocycles. The highest BCUT2D eigenvalue weighted by Crippen LogP contribution is 2.31. The molecule has 0 radical (unpaired) electrons. The molecule has 0 aromatic heterocycles. The normalized spacial score (nSPS) is 17.3. The van der Waals surface area contributed by atoms with E-state index in [1.807, 2.05) is 13.1 Å². The maximum absolute atomic E-state index is 5.96. The van der Waals surface area contributed by atoms with Crippen LogP contribution < -0.4 is 10.1 Å². The van der Waals surface area contributed by atoms with E-state index in [9.17, 15) is 0 Å². The van der Waals surface area contributed by atoms with E-state index in [0.29, 0.717) is 6.04 Å². The predicted octanol–water partition coefficient (Wildman–Crippen LogP) is 4.30. The van der Waals surface area contributed by atoms with Crippen LogP contribution in [-0.2, 0) is 0 Å². The Morgan fingerprint density at radius 1 is 1.44 bits per heavy atom. The first kappa shape index (κ1) is 13.9. The Labute approximate surface area is 118 Å². The molecule has 0 spiro atoms. The molecular weight excluding hydrogens is 290 g/mol. The van der Waals surface area contributed by atoms with Gasteiger partial charge in [0.15, 0.2) is 0 Å². The van der Waals surface area contributed by atoms with Crippen LogP contribution in [0.3, 0.4) is 0 Å². The zero-order valence-corrected chi connectivity index (χ0v) is 12.8. The molecule has 0 saturated heterocycles. The van der Waals surface area contributed by atoms with E-state index in [1.165, 1.54) is 31.2 Å². The number of rotatable bonds is 6. The summed E-state index contributed by atoms with van der Waals surface area (Å²) in [5.41, 5.74) is 1.22. The highest BCUT2D eigenvalue weighted by atomic mass is 79.9. The molecule has 1 aliphatic rings. The van der Waals surface area contributed by atoms with Crippen LogP contribution in [0, 0.1) is 5.92 Å². The average Bonchev–Trinajstić information content (AvgIpc) is 2.32. The van der Waals surface area contributed by atoms with Crippen molar-refractivity contribution < 1.29 is 4.74 Å². The second kappa shape index (κ2) is 6.58. The van der Waals surface area contributed by atoms with Crippen LogP contribution in [0.25, 0.3) is 0 Å². The molecule has 2 nitrogen and oxygen atoms in total. The molecule has 1 saturated carbocycles. The van der Waals surface area contributed by atoms with E-state index >= 15 is 0 Å². The largest absolute Gasteiger partial charge is 0.493 e.